The first-order chi connectivity index (χ1) is 9.35. The largest absolute Gasteiger partial charge is 0.373 e. The first kappa shape index (κ1) is 19.1. The van der Waals surface area contributed by atoms with Gasteiger partial charge in [0.15, 0.2) is 0 Å². The highest BCUT2D eigenvalue weighted by atomic mass is 16.4. The molecule has 0 aromatic rings. The Morgan fingerprint density at radius 1 is 0.700 bits per heavy atom. The van der Waals surface area contributed by atoms with Crippen LogP contribution in [0.4, 0.5) is 4.79 Å². The summed E-state index contributed by atoms with van der Waals surface area (Å²) in [6, 6.07) is -0.780. The summed E-state index contributed by atoms with van der Waals surface area (Å²) in [5.74, 6) is 0. The van der Waals surface area contributed by atoms with Gasteiger partial charge >= 0.3 is 6.03 Å². The van der Waals surface area contributed by atoms with Gasteiger partial charge in [0, 0.05) is 0 Å². The van der Waals surface area contributed by atoms with Crippen LogP contribution in [0, 0.1) is 0 Å². The minimum Gasteiger partial charge on any atom is -0.373 e. The van der Waals surface area contributed by atoms with E-state index < -0.39 is 30.9 Å². The monoisotopic (exact) mass is 292 g/mol. The van der Waals surface area contributed by atoms with Crippen molar-refractivity contribution >= 4 is 6.03 Å². The number of amides is 2. The maximum absolute atomic E-state index is 12.5. The molecular formula is C13H28N2O5. The summed E-state index contributed by atoms with van der Waals surface area (Å²) in [5.41, 5.74) is 0. The number of hydrogen-bond donors (Lipinski definition) is 4. The zero-order valence-electron chi connectivity index (χ0n) is 12.7. The van der Waals surface area contributed by atoms with E-state index in [9.17, 15) is 25.2 Å². The smallest absolute Gasteiger partial charge is 0.328 e. The van der Waals surface area contributed by atoms with Gasteiger partial charge in [0.05, 0.1) is 0 Å². The lowest BCUT2D eigenvalue weighted by Gasteiger charge is -2.39. The highest BCUT2D eigenvalue weighted by Crippen LogP contribution is 2.17. The average molecular weight is 292 g/mol. The van der Waals surface area contributed by atoms with Crippen molar-refractivity contribution in [3.8, 4) is 0 Å². The van der Waals surface area contributed by atoms with Gasteiger partial charge in [-0.3, -0.25) is 9.80 Å². The van der Waals surface area contributed by atoms with E-state index in [0.717, 1.165) is 9.80 Å². The van der Waals surface area contributed by atoms with Crippen LogP contribution in [0.5, 0.6) is 0 Å². The summed E-state index contributed by atoms with van der Waals surface area (Å²) in [5, 5.41) is 39.6. The van der Waals surface area contributed by atoms with Gasteiger partial charge in [-0.25, -0.2) is 4.79 Å². The molecule has 0 aliphatic heterocycles. The first-order valence-electron chi connectivity index (χ1n) is 7.18. The summed E-state index contributed by atoms with van der Waals surface area (Å²) in [7, 11) is 0. The molecule has 120 valence electrons. The van der Waals surface area contributed by atoms with Crippen LogP contribution in [0.25, 0.3) is 0 Å². The Bertz CT molecular complexity index is 244. The zero-order valence-corrected chi connectivity index (χ0v) is 12.7. The summed E-state index contributed by atoms with van der Waals surface area (Å²) >= 11 is 0. The van der Waals surface area contributed by atoms with Gasteiger partial charge in [-0.05, 0) is 25.7 Å². The highest BCUT2D eigenvalue weighted by Gasteiger charge is 2.35. The minimum atomic E-state index is -1.17. The van der Waals surface area contributed by atoms with Gasteiger partial charge in [-0.15, -0.1) is 0 Å². The number of urea groups is 1. The SMILES string of the molecule is CCC(O)N(C(=O)N(C(O)CC)C(O)CC)C(O)CC. The fourth-order valence-electron chi connectivity index (χ4n) is 1.83. The summed E-state index contributed by atoms with van der Waals surface area (Å²) in [4.78, 5) is 14.2. The molecule has 20 heavy (non-hydrogen) atoms. The number of aliphatic hydroxyl groups excluding tert-OH is 4. The molecule has 0 rings (SSSR count). The number of nitrogens with zero attached hydrogens (tertiary/aromatic N) is 2. The molecule has 0 saturated carbocycles. The lowest BCUT2D eigenvalue weighted by molar-refractivity contribution is -0.120. The average Bonchev–Trinajstić information content (AvgIpc) is 2.46. The van der Waals surface area contributed by atoms with Crippen LogP contribution >= 0.6 is 0 Å². The third-order valence-corrected chi connectivity index (χ3v) is 3.19. The lowest BCUT2D eigenvalue weighted by atomic mass is 10.2. The summed E-state index contributed by atoms with van der Waals surface area (Å²) in [6.07, 6.45) is -3.74. The summed E-state index contributed by atoms with van der Waals surface area (Å²) < 4.78 is 0. The molecule has 0 radical (unpaired) electrons. The molecule has 4 N–H and O–H groups in total. The molecule has 0 aromatic heterocycles. The van der Waals surface area contributed by atoms with Crippen LogP contribution in [0.15, 0.2) is 0 Å². The van der Waals surface area contributed by atoms with Gasteiger partial charge in [0.25, 0.3) is 0 Å². The number of carbonyl (C=O) groups is 1. The normalized spacial score (nSPS) is 17.2. The van der Waals surface area contributed by atoms with Gasteiger partial charge in [-0.1, -0.05) is 27.7 Å². The Kier molecular flexibility index (Phi) is 8.71. The van der Waals surface area contributed by atoms with Crippen molar-refractivity contribution in [1.82, 2.24) is 9.80 Å². The van der Waals surface area contributed by atoms with Crippen molar-refractivity contribution < 1.29 is 25.2 Å². The molecule has 0 bridgehead atoms. The third-order valence-electron chi connectivity index (χ3n) is 3.19. The second kappa shape index (κ2) is 9.12. The van der Waals surface area contributed by atoms with E-state index >= 15 is 0 Å². The second-order valence-electron chi connectivity index (χ2n) is 4.65. The van der Waals surface area contributed by atoms with E-state index in [1.54, 1.807) is 27.7 Å². The molecule has 2 amide bonds. The van der Waals surface area contributed by atoms with Gasteiger partial charge < -0.3 is 20.4 Å². The second-order valence-corrected chi connectivity index (χ2v) is 4.65. The van der Waals surface area contributed by atoms with Crippen LogP contribution in [-0.2, 0) is 0 Å². The van der Waals surface area contributed by atoms with Crippen molar-refractivity contribution in [3.05, 3.63) is 0 Å². The number of aliphatic hydroxyl groups is 4. The predicted molar refractivity (Wildman–Crippen MR) is 74.3 cm³/mol. The van der Waals surface area contributed by atoms with Crippen LogP contribution in [0.1, 0.15) is 53.4 Å². The van der Waals surface area contributed by atoms with Crippen molar-refractivity contribution in [3.63, 3.8) is 0 Å². The molecule has 0 fully saturated rings. The van der Waals surface area contributed by atoms with Crippen LogP contribution in [0.2, 0.25) is 0 Å². The Labute approximate surface area is 120 Å². The number of carbonyl (C=O) groups excluding carboxylic acids is 1. The van der Waals surface area contributed by atoms with Gasteiger partial charge in [0.1, 0.15) is 24.9 Å². The lowest BCUT2D eigenvalue weighted by Crippen LogP contribution is -2.58. The van der Waals surface area contributed by atoms with Crippen LogP contribution in [0.3, 0.4) is 0 Å². The van der Waals surface area contributed by atoms with E-state index in [-0.39, 0.29) is 25.7 Å². The van der Waals surface area contributed by atoms with Crippen LogP contribution < -0.4 is 0 Å². The van der Waals surface area contributed by atoms with E-state index in [1.807, 2.05) is 0 Å². The quantitative estimate of drug-likeness (QED) is 0.491. The molecule has 0 spiro atoms. The minimum absolute atomic E-state index is 0.237. The van der Waals surface area contributed by atoms with Gasteiger partial charge in [-0.2, -0.15) is 0 Å². The molecule has 4 atom stereocenters. The zero-order chi connectivity index (χ0) is 15.9. The molecule has 0 aliphatic carbocycles. The maximum atomic E-state index is 12.5. The Morgan fingerprint density at radius 2 is 0.900 bits per heavy atom. The fraction of sp³-hybridized carbons (Fsp3) is 0.923. The predicted octanol–water partition coefficient (Wildman–Crippen LogP) is 0.624. The molecule has 0 aliphatic rings. The topological polar surface area (TPSA) is 104 Å². The Hall–Kier alpha value is -0.890. The van der Waals surface area contributed by atoms with Crippen molar-refractivity contribution in [2.45, 2.75) is 78.3 Å². The van der Waals surface area contributed by atoms with E-state index in [2.05, 4.69) is 0 Å². The molecule has 0 saturated heterocycles. The van der Waals surface area contributed by atoms with E-state index in [0.29, 0.717) is 0 Å². The van der Waals surface area contributed by atoms with Crippen molar-refractivity contribution in [2.75, 3.05) is 0 Å². The molecule has 0 aromatic carbocycles. The van der Waals surface area contributed by atoms with E-state index in [1.165, 1.54) is 0 Å². The molecule has 4 unspecified atom stereocenters. The van der Waals surface area contributed by atoms with Crippen LogP contribution in [-0.4, -0.2) is 61.2 Å². The molecule has 7 heteroatoms. The molecule has 0 heterocycles. The fourth-order valence-corrected chi connectivity index (χ4v) is 1.83. The maximum Gasteiger partial charge on any atom is 0.328 e. The summed E-state index contributed by atoms with van der Waals surface area (Å²) in [6.45, 7) is 6.68. The standard InChI is InChI=1S/C13H28N2O5/c1-5-9(16)14(10(17)6-2)13(20)15(11(18)7-3)12(19)8-4/h9-12,16-19H,5-8H2,1-4H3. The number of rotatable bonds is 8. The Morgan fingerprint density at radius 3 is 1.05 bits per heavy atom. The first-order valence-corrected chi connectivity index (χ1v) is 7.18. The van der Waals surface area contributed by atoms with E-state index in [4.69, 9.17) is 0 Å². The molecule has 7 nitrogen and oxygen atoms in total. The number of hydrogen-bond acceptors (Lipinski definition) is 5. The van der Waals surface area contributed by atoms with Gasteiger partial charge in [0.2, 0.25) is 0 Å². The Balaban J connectivity index is 5.34. The third kappa shape index (κ3) is 4.59. The van der Waals surface area contributed by atoms with Crippen molar-refractivity contribution in [2.24, 2.45) is 0 Å². The van der Waals surface area contributed by atoms with Crippen molar-refractivity contribution in [1.29, 1.82) is 0 Å². The highest BCUT2D eigenvalue weighted by molar-refractivity contribution is 5.75. The molecular weight excluding hydrogens is 264 g/mol.